The Hall–Kier alpha value is -1.32. The van der Waals surface area contributed by atoms with Crippen molar-refractivity contribution in [2.24, 2.45) is 5.84 Å². The average molecular weight is 204 g/mol. The van der Waals surface area contributed by atoms with E-state index in [9.17, 15) is 0 Å². The van der Waals surface area contributed by atoms with Crippen LogP contribution < -0.4 is 11.3 Å². The number of hydrogen-bond donors (Lipinski definition) is 2. The highest BCUT2D eigenvalue weighted by Crippen LogP contribution is 2.27. The van der Waals surface area contributed by atoms with Gasteiger partial charge in [-0.2, -0.15) is 0 Å². The number of rotatable bonds is 3. The zero-order chi connectivity index (χ0) is 10.7. The van der Waals surface area contributed by atoms with E-state index in [2.05, 4.69) is 30.6 Å². The summed E-state index contributed by atoms with van der Waals surface area (Å²) in [6.07, 6.45) is 3.07. The average Bonchev–Trinajstić information content (AvgIpc) is 2.75. The highest BCUT2D eigenvalue weighted by Gasteiger charge is 2.20. The number of nitrogens with one attached hydrogen (secondary N) is 1. The molecule has 0 bridgehead atoms. The van der Waals surface area contributed by atoms with Crippen LogP contribution in [0.5, 0.6) is 0 Å². The summed E-state index contributed by atoms with van der Waals surface area (Å²) in [6.45, 7) is 2.84. The van der Waals surface area contributed by atoms with Gasteiger partial charge in [-0.15, -0.1) is 0 Å². The lowest BCUT2D eigenvalue weighted by atomic mass is 10.0. The Morgan fingerprint density at radius 1 is 1.40 bits per heavy atom. The number of ether oxygens (including phenoxy) is 1. The highest BCUT2D eigenvalue weighted by molar-refractivity contribution is 5.33. The summed E-state index contributed by atoms with van der Waals surface area (Å²) in [4.78, 5) is 0. The first-order valence-electron chi connectivity index (χ1n) is 5.17. The van der Waals surface area contributed by atoms with Gasteiger partial charge in [-0.05, 0) is 24.1 Å². The molecular weight excluding hydrogens is 188 g/mol. The molecule has 0 amide bonds. The largest absolute Gasteiger partial charge is 0.496 e. The molecule has 0 radical (unpaired) electrons. The van der Waals surface area contributed by atoms with E-state index in [1.54, 1.807) is 0 Å². The van der Waals surface area contributed by atoms with Gasteiger partial charge in [0.15, 0.2) is 0 Å². The van der Waals surface area contributed by atoms with Crippen molar-refractivity contribution in [1.29, 1.82) is 0 Å². The lowest BCUT2D eigenvalue weighted by Gasteiger charge is -2.19. The van der Waals surface area contributed by atoms with Gasteiger partial charge in [0.1, 0.15) is 11.8 Å². The zero-order valence-corrected chi connectivity index (χ0v) is 8.86. The molecule has 1 aliphatic heterocycles. The van der Waals surface area contributed by atoms with Crippen LogP contribution in [0.4, 0.5) is 0 Å². The van der Waals surface area contributed by atoms with E-state index >= 15 is 0 Å². The summed E-state index contributed by atoms with van der Waals surface area (Å²) < 4.78 is 5.53. The normalized spacial score (nSPS) is 17.1. The Bertz CT molecular complexity index is 374. The van der Waals surface area contributed by atoms with Crippen LogP contribution in [0.2, 0.25) is 0 Å². The third-order valence-corrected chi connectivity index (χ3v) is 2.68. The van der Waals surface area contributed by atoms with Gasteiger partial charge in [0.05, 0.1) is 6.61 Å². The Morgan fingerprint density at radius 3 is 2.80 bits per heavy atom. The number of hydrazine groups is 1. The van der Waals surface area contributed by atoms with Gasteiger partial charge in [0.2, 0.25) is 0 Å². The third-order valence-electron chi connectivity index (χ3n) is 2.68. The Balaban J connectivity index is 2.30. The molecule has 1 aromatic rings. The van der Waals surface area contributed by atoms with Crippen LogP contribution in [0.1, 0.15) is 23.6 Å². The molecule has 1 aliphatic rings. The molecule has 3 N–H and O–H groups in total. The molecule has 0 saturated carbocycles. The molecule has 2 rings (SSSR count). The van der Waals surface area contributed by atoms with E-state index < -0.39 is 0 Å². The standard InChI is InChI=1S/C12H16N2O/c1-9-5-2-3-6-10(9)12(14-13)11-7-4-8-15-11/h2-3,5-7,12,14H,4,8,13H2,1H3. The Labute approximate surface area is 89.9 Å². The van der Waals surface area contributed by atoms with Gasteiger partial charge >= 0.3 is 0 Å². The predicted molar refractivity (Wildman–Crippen MR) is 59.9 cm³/mol. The number of benzene rings is 1. The minimum Gasteiger partial charge on any atom is -0.496 e. The number of nitrogens with two attached hydrogens (primary N) is 1. The lowest BCUT2D eigenvalue weighted by molar-refractivity contribution is 0.215. The van der Waals surface area contributed by atoms with Crippen LogP contribution in [0.25, 0.3) is 0 Å². The van der Waals surface area contributed by atoms with Crippen LogP contribution in [0, 0.1) is 6.92 Å². The maximum atomic E-state index is 5.58. The molecule has 3 heteroatoms. The van der Waals surface area contributed by atoms with Gasteiger partial charge in [-0.1, -0.05) is 24.3 Å². The second kappa shape index (κ2) is 4.47. The first kappa shape index (κ1) is 10.2. The van der Waals surface area contributed by atoms with Crippen molar-refractivity contribution in [3.8, 4) is 0 Å². The van der Waals surface area contributed by atoms with Crippen molar-refractivity contribution in [3.05, 3.63) is 47.2 Å². The fraction of sp³-hybridized carbons (Fsp3) is 0.333. The van der Waals surface area contributed by atoms with Crippen molar-refractivity contribution in [1.82, 2.24) is 5.43 Å². The number of aryl methyl sites for hydroxylation is 1. The van der Waals surface area contributed by atoms with Crippen molar-refractivity contribution in [2.75, 3.05) is 6.61 Å². The van der Waals surface area contributed by atoms with Crippen LogP contribution in [0.15, 0.2) is 36.1 Å². The molecular formula is C12H16N2O. The van der Waals surface area contributed by atoms with E-state index in [0.29, 0.717) is 0 Å². The van der Waals surface area contributed by atoms with E-state index in [1.165, 1.54) is 11.1 Å². The highest BCUT2D eigenvalue weighted by atomic mass is 16.5. The smallest absolute Gasteiger partial charge is 0.115 e. The van der Waals surface area contributed by atoms with E-state index in [4.69, 9.17) is 10.6 Å². The maximum Gasteiger partial charge on any atom is 0.115 e. The molecule has 80 valence electrons. The number of hydrogen-bond acceptors (Lipinski definition) is 3. The topological polar surface area (TPSA) is 47.3 Å². The minimum absolute atomic E-state index is 0.0197. The van der Waals surface area contributed by atoms with Gasteiger partial charge in [-0.3, -0.25) is 5.84 Å². The van der Waals surface area contributed by atoms with Crippen LogP contribution in [0.3, 0.4) is 0 Å². The summed E-state index contributed by atoms with van der Waals surface area (Å²) in [5.41, 5.74) is 5.20. The molecule has 1 atom stereocenters. The van der Waals surface area contributed by atoms with Gasteiger partial charge < -0.3 is 4.74 Å². The summed E-state index contributed by atoms with van der Waals surface area (Å²) >= 11 is 0. The van der Waals surface area contributed by atoms with E-state index in [1.807, 2.05) is 12.1 Å². The molecule has 15 heavy (non-hydrogen) atoms. The van der Waals surface area contributed by atoms with Crippen molar-refractivity contribution < 1.29 is 4.74 Å². The zero-order valence-electron chi connectivity index (χ0n) is 8.86. The van der Waals surface area contributed by atoms with E-state index in [-0.39, 0.29) is 6.04 Å². The quantitative estimate of drug-likeness (QED) is 0.583. The van der Waals surface area contributed by atoms with Gasteiger partial charge in [0.25, 0.3) is 0 Å². The fourth-order valence-corrected chi connectivity index (χ4v) is 1.87. The molecule has 1 aromatic carbocycles. The maximum absolute atomic E-state index is 5.58. The molecule has 0 aromatic heterocycles. The Morgan fingerprint density at radius 2 is 2.20 bits per heavy atom. The second-order valence-corrected chi connectivity index (χ2v) is 3.70. The SMILES string of the molecule is Cc1ccccc1C(NN)C1=CCCO1. The molecule has 0 aliphatic carbocycles. The summed E-state index contributed by atoms with van der Waals surface area (Å²) in [6, 6.07) is 8.17. The molecule has 3 nitrogen and oxygen atoms in total. The molecule has 1 heterocycles. The monoisotopic (exact) mass is 204 g/mol. The molecule has 1 unspecified atom stereocenters. The third kappa shape index (κ3) is 2.03. The van der Waals surface area contributed by atoms with Gasteiger partial charge in [-0.25, -0.2) is 5.43 Å². The molecule has 0 spiro atoms. The first-order valence-corrected chi connectivity index (χ1v) is 5.17. The summed E-state index contributed by atoms with van der Waals surface area (Å²) in [5.74, 6) is 6.52. The summed E-state index contributed by atoms with van der Waals surface area (Å²) in [5, 5.41) is 0. The van der Waals surface area contributed by atoms with Crippen LogP contribution in [-0.4, -0.2) is 6.61 Å². The lowest BCUT2D eigenvalue weighted by Crippen LogP contribution is -2.30. The first-order chi connectivity index (χ1) is 7.33. The fourth-order valence-electron chi connectivity index (χ4n) is 1.87. The van der Waals surface area contributed by atoms with Crippen molar-refractivity contribution >= 4 is 0 Å². The van der Waals surface area contributed by atoms with Crippen LogP contribution in [-0.2, 0) is 4.74 Å². The van der Waals surface area contributed by atoms with Crippen LogP contribution >= 0.6 is 0 Å². The van der Waals surface area contributed by atoms with Gasteiger partial charge in [0, 0.05) is 6.42 Å². The van der Waals surface area contributed by atoms with E-state index in [0.717, 1.165) is 18.8 Å². The summed E-state index contributed by atoms with van der Waals surface area (Å²) in [7, 11) is 0. The molecule has 0 saturated heterocycles. The second-order valence-electron chi connectivity index (χ2n) is 3.70. The van der Waals surface area contributed by atoms with Crippen molar-refractivity contribution in [3.63, 3.8) is 0 Å². The molecule has 0 fully saturated rings. The predicted octanol–water partition coefficient (Wildman–Crippen LogP) is 1.80. The van der Waals surface area contributed by atoms with Crippen molar-refractivity contribution in [2.45, 2.75) is 19.4 Å². The minimum atomic E-state index is -0.0197. The Kier molecular flexibility index (Phi) is 3.04.